The number of nitrogens with zero attached hydrogens (tertiary/aromatic N) is 2. The van der Waals surface area contributed by atoms with Crippen LogP contribution < -0.4 is 5.32 Å². The topological polar surface area (TPSA) is 29.9 Å². The van der Waals surface area contributed by atoms with Crippen LogP contribution in [0, 0.1) is 0 Å². The van der Waals surface area contributed by atoms with Gasteiger partial charge in [0.1, 0.15) is 0 Å². The molecule has 1 N–H and O–H groups in total. The summed E-state index contributed by atoms with van der Waals surface area (Å²) < 4.78 is 2.13. The molecule has 0 atom stereocenters. The fourth-order valence-corrected chi connectivity index (χ4v) is 2.39. The van der Waals surface area contributed by atoms with Crippen LogP contribution in [0.4, 0.5) is 0 Å². The van der Waals surface area contributed by atoms with Crippen LogP contribution >= 0.6 is 0 Å². The van der Waals surface area contributed by atoms with Crippen molar-refractivity contribution in [2.75, 3.05) is 6.54 Å². The van der Waals surface area contributed by atoms with Crippen molar-refractivity contribution in [3.63, 3.8) is 0 Å². The number of hydrogen-bond acceptors (Lipinski definition) is 2. The highest BCUT2D eigenvalue weighted by atomic mass is 15.3. The normalized spacial score (nSPS) is 12.7. The molecule has 0 bridgehead atoms. The van der Waals surface area contributed by atoms with E-state index in [1.54, 1.807) is 0 Å². The van der Waals surface area contributed by atoms with E-state index in [1.165, 1.54) is 11.3 Å². The number of hydrogen-bond donors (Lipinski definition) is 1. The minimum Gasteiger partial charge on any atom is -0.314 e. The average Bonchev–Trinajstić information content (AvgIpc) is 2.84. The molecule has 0 aromatic carbocycles. The van der Waals surface area contributed by atoms with Crippen molar-refractivity contribution in [3.8, 4) is 0 Å². The second-order valence-electron chi connectivity index (χ2n) is 5.88. The fraction of sp³-hybridized carbons (Fsp3) is 0.706. The van der Waals surface area contributed by atoms with E-state index in [4.69, 9.17) is 5.10 Å². The summed E-state index contributed by atoms with van der Waals surface area (Å²) in [5.41, 5.74) is 2.59. The van der Waals surface area contributed by atoms with E-state index >= 15 is 0 Å². The molecule has 114 valence electrons. The summed E-state index contributed by atoms with van der Waals surface area (Å²) in [4.78, 5) is 0. The van der Waals surface area contributed by atoms with E-state index in [0.717, 1.165) is 32.2 Å². The van der Waals surface area contributed by atoms with Crippen LogP contribution in [0.1, 0.15) is 65.6 Å². The largest absolute Gasteiger partial charge is 0.314 e. The molecule has 3 nitrogen and oxygen atoms in total. The van der Waals surface area contributed by atoms with Gasteiger partial charge in [-0.15, -0.1) is 0 Å². The Kier molecular flexibility index (Phi) is 7.60. The Balaban J connectivity index is 2.45. The summed E-state index contributed by atoms with van der Waals surface area (Å²) >= 11 is 0. The predicted octanol–water partition coefficient (Wildman–Crippen LogP) is 4.12. The van der Waals surface area contributed by atoms with Crippen molar-refractivity contribution in [1.29, 1.82) is 0 Å². The van der Waals surface area contributed by atoms with Gasteiger partial charge in [-0.3, -0.25) is 4.68 Å². The maximum atomic E-state index is 4.71. The summed E-state index contributed by atoms with van der Waals surface area (Å²) in [7, 11) is 0. The van der Waals surface area contributed by atoms with Gasteiger partial charge in [0.05, 0.1) is 11.7 Å². The Labute approximate surface area is 124 Å². The Hall–Kier alpha value is -1.09. The summed E-state index contributed by atoms with van der Waals surface area (Å²) in [6, 6.07) is 3.27. The highest BCUT2D eigenvalue weighted by Gasteiger charge is 2.07. The van der Waals surface area contributed by atoms with Gasteiger partial charge in [-0.05, 0) is 38.8 Å². The standard InChI is InChI=1S/C17H31N3/c1-6-17(7-2)20-12-10-16(19-20)13-15(5)9-8-11-18-14(3)4/h9-10,12,14,17-18H,6-8,11,13H2,1-5H3. The first-order valence-electron chi connectivity index (χ1n) is 7.99. The zero-order valence-corrected chi connectivity index (χ0v) is 13.8. The van der Waals surface area contributed by atoms with E-state index in [0.29, 0.717) is 12.1 Å². The van der Waals surface area contributed by atoms with Gasteiger partial charge in [-0.25, -0.2) is 0 Å². The van der Waals surface area contributed by atoms with Crippen LogP contribution in [0.15, 0.2) is 23.9 Å². The smallest absolute Gasteiger partial charge is 0.0664 e. The molecule has 1 aromatic heterocycles. The van der Waals surface area contributed by atoms with Crippen LogP contribution in [0.3, 0.4) is 0 Å². The van der Waals surface area contributed by atoms with Crippen molar-refractivity contribution in [2.24, 2.45) is 0 Å². The van der Waals surface area contributed by atoms with Gasteiger partial charge in [0.2, 0.25) is 0 Å². The van der Waals surface area contributed by atoms with E-state index in [1.807, 2.05) is 0 Å². The number of rotatable bonds is 9. The van der Waals surface area contributed by atoms with Gasteiger partial charge in [0.15, 0.2) is 0 Å². The predicted molar refractivity (Wildman–Crippen MR) is 87.1 cm³/mol. The molecule has 0 saturated heterocycles. The maximum absolute atomic E-state index is 4.71. The molecule has 1 rings (SSSR count). The SMILES string of the molecule is CCC(CC)n1ccc(CC(C)=CCCNC(C)C)n1. The molecule has 0 radical (unpaired) electrons. The zero-order chi connectivity index (χ0) is 15.0. The number of aromatic nitrogens is 2. The van der Waals surface area contributed by atoms with Gasteiger partial charge < -0.3 is 5.32 Å². The summed E-state index contributed by atoms with van der Waals surface area (Å²) in [6.45, 7) is 12.1. The highest BCUT2D eigenvalue weighted by molar-refractivity contribution is 5.12. The minimum atomic E-state index is 0.545. The Morgan fingerprint density at radius 2 is 2.05 bits per heavy atom. The van der Waals surface area contributed by atoms with Gasteiger partial charge in [-0.1, -0.05) is 39.3 Å². The van der Waals surface area contributed by atoms with Gasteiger partial charge in [0, 0.05) is 18.7 Å². The summed E-state index contributed by atoms with van der Waals surface area (Å²) in [5.74, 6) is 0. The van der Waals surface area contributed by atoms with Crippen LogP contribution in [0.5, 0.6) is 0 Å². The van der Waals surface area contributed by atoms with Gasteiger partial charge in [0.25, 0.3) is 0 Å². The molecule has 0 aliphatic rings. The first-order chi connectivity index (χ1) is 9.56. The lowest BCUT2D eigenvalue weighted by molar-refractivity contribution is 0.426. The molecule has 3 heteroatoms. The van der Waals surface area contributed by atoms with Gasteiger partial charge >= 0.3 is 0 Å². The number of allylic oxidation sites excluding steroid dienone is 1. The monoisotopic (exact) mass is 277 g/mol. The van der Waals surface area contributed by atoms with Crippen molar-refractivity contribution in [2.45, 2.75) is 72.4 Å². The second kappa shape index (κ2) is 8.96. The molecule has 0 unspecified atom stereocenters. The first kappa shape index (κ1) is 17.0. The van der Waals surface area contributed by atoms with E-state index < -0.39 is 0 Å². The Morgan fingerprint density at radius 1 is 1.35 bits per heavy atom. The maximum Gasteiger partial charge on any atom is 0.0664 e. The lowest BCUT2D eigenvalue weighted by Crippen LogP contribution is -2.23. The molecule has 0 amide bonds. The molecule has 20 heavy (non-hydrogen) atoms. The zero-order valence-electron chi connectivity index (χ0n) is 13.8. The molecule has 1 aromatic rings. The molecule has 0 saturated carbocycles. The summed E-state index contributed by atoms with van der Waals surface area (Å²) in [6.07, 6.45) is 8.80. The molecule has 0 aliphatic heterocycles. The van der Waals surface area contributed by atoms with Crippen LogP contribution in [-0.4, -0.2) is 22.4 Å². The third kappa shape index (κ3) is 5.91. The molecule has 0 spiro atoms. The Bertz CT molecular complexity index is 400. The first-order valence-corrected chi connectivity index (χ1v) is 7.99. The third-order valence-corrected chi connectivity index (χ3v) is 3.63. The van der Waals surface area contributed by atoms with Crippen LogP contribution in [0.2, 0.25) is 0 Å². The van der Waals surface area contributed by atoms with Gasteiger partial charge in [-0.2, -0.15) is 5.10 Å². The third-order valence-electron chi connectivity index (χ3n) is 3.63. The van der Waals surface area contributed by atoms with Crippen molar-refractivity contribution in [3.05, 3.63) is 29.6 Å². The number of nitrogens with one attached hydrogen (secondary N) is 1. The highest BCUT2D eigenvalue weighted by Crippen LogP contribution is 2.15. The molecular weight excluding hydrogens is 246 g/mol. The van der Waals surface area contributed by atoms with E-state index in [9.17, 15) is 0 Å². The summed E-state index contributed by atoms with van der Waals surface area (Å²) in [5, 5.41) is 8.14. The lowest BCUT2D eigenvalue weighted by atomic mass is 10.1. The second-order valence-corrected chi connectivity index (χ2v) is 5.88. The molecule has 1 heterocycles. The minimum absolute atomic E-state index is 0.545. The van der Waals surface area contributed by atoms with Crippen LogP contribution in [0.25, 0.3) is 0 Å². The Morgan fingerprint density at radius 3 is 2.65 bits per heavy atom. The lowest BCUT2D eigenvalue weighted by Gasteiger charge is -2.12. The van der Waals surface area contributed by atoms with Crippen molar-refractivity contribution in [1.82, 2.24) is 15.1 Å². The quantitative estimate of drug-likeness (QED) is 0.543. The van der Waals surface area contributed by atoms with E-state index in [-0.39, 0.29) is 0 Å². The average molecular weight is 277 g/mol. The van der Waals surface area contributed by atoms with Crippen molar-refractivity contribution < 1.29 is 0 Å². The molecule has 0 fully saturated rings. The van der Waals surface area contributed by atoms with Crippen molar-refractivity contribution >= 4 is 0 Å². The molecular formula is C17H31N3. The van der Waals surface area contributed by atoms with E-state index in [2.05, 4.69) is 63.0 Å². The fourth-order valence-electron chi connectivity index (χ4n) is 2.39. The van der Waals surface area contributed by atoms with Crippen LogP contribution in [-0.2, 0) is 6.42 Å². The molecule has 0 aliphatic carbocycles.